The molecule has 3 aromatic carbocycles. The Kier molecular flexibility index (Phi) is 5.59. The van der Waals surface area contributed by atoms with Crippen molar-refractivity contribution < 1.29 is 24.2 Å². The molecule has 170 valence electrons. The van der Waals surface area contributed by atoms with Gasteiger partial charge in [-0.15, -0.1) is 0 Å². The van der Waals surface area contributed by atoms with Crippen LogP contribution in [0.15, 0.2) is 91.0 Å². The molecule has 34 heavy (non-hydrogen) atoms. The largest absolute Gasteiger partial charge is 0.487 e. The molecule has 7 heteroatoms. The number of fused-ring (bicyclic) bond motifs is 1. The number of rotatable bonds is 6. The second-order valence-corrected chi connectivity index (χ2v) is 8.19. The molecule has 0 radical (unpaired) electrons. The fraction of sp³-hybridized carbons (Fsp3) is 0.148. The van der Waals surface area contributed by atoms with Gasteiger partial charge in [-0.25, -0.2) is 4.79 Å². The van der Waals surface area contributed by atoms with Crippen LogP contribution in [0.25, 0.3) is 0 Å². The maximum atomic E-state index is 12.7. The predicted octanol–water partition coefficient (Wildman–Crippen LogP) is 4.42. The molecule has 3 amide bonds. The molecule has 0 spiro atoms. The topological polar surface area (TPSA) is 95.9 Å². The number of nitrogens with zero attached hydrogens (tertiary/aromatic N) is 1. The Balaban J connectivity index is 1.53. The van der Waals surface area contributed by atoms with Crippen LogP contribution in [0.1, 0.15) is 44.3 Å². The summed E-state index contributed by atoms with van der Waals surface area (Å²) in [6, 6.07) is 22.6. The van der Waals surface area contributed by atoms with Gasteiger partial charge < -0.3 is 9.84 Å². The summed E-state index contributed by atoms with van der Waals surface area (Å²) >= 11 is 0. The molecular weight excluding hydrogens is 432 g/mol. The minimum absolute atomic E-state index is 0.183. The highest BCUT2D eigenvalue weighted by molar-refractivity contribution is 6.22. The van der Waals surface area contributed by atoms with Gasteiger partial charge in [-0.2, -0.15) is 0 Å². The van der Waals surface area contributed by atoms with Crippen molar-refractivity contribution in [1.82, 2.24) is 10.2 Å². The summed E-state index contributed by atoms with van der Waals surface area (Å²) in [6.45, 7) is 0. The highest BCUT2D eigenvalue weighted by Crippen LogP contribution is 2.36. The Morgan fingerprint density at radius 2 is 1.56 bits per heavy atom. The van der Waals surface area contributed by atoms with Crippen molar-refractivity contribution in [2.75, 3.05) is 0 Å². The van der Waals surface area contributed by atoms with Crippen molar-refractivity contribution in [3.8, 4) is 5.75 Å². The second kappa shape index (κ2) is 8.86. The Labute approximate surface area is 196 Å². The highest BCUT2D eigenvalue weighted by Gasteiger charge is 2.40. The van der Waals surface area contributed by atoms with E-state index in [-0.39, 0.29) is 16.9 Å². The lowest BCUT2D eigenvalue weighted by molar-refractivity contribution is 0.0718. The van der Waals surface area contributed by atoms with Crippen LogP contribution in [0, 0.1) is 0 Å². The third-order valence-electron chi connectivity index (χ3n) is 6.14. The van der Waals surface area contributed by atoms with Gasteiger partial charge in [0.1, 0.15) is 11.9 Å². The van der Waals surface area contributed by atoms with E-state index in [9.17, 15) is 19.5 Å². The van der Waals surface area contributed by atoms with Crippen molar-refractivity contribution in [2.24, 2.45) is 0 Å². The molecule has 0 bridgehead atoms. The summed E-state index contributed by atoms with van der Waals surface area (Å²) in [5.41, 5.74) is 2.11. The molecule has 0 fully saturated rings. The zero-order valence-corrected chi connectivity index (χ0v) is 18.1. The average Bonchev–Trinajstić information content (AvgIpc) is 3.42. The number of carbonyl (C=O) groups is 3. The lowest BCUT2D eigenvalue weighted by atomic mass is 9.95. The van der Waals surface area contributed by atoms with Crippen molar-refractivity contribution in [3.05, 3.63) is 113 Å². The van der Waals surface area contributed by atoms with Crippen LogP contribution >= 0.6 is 0 Å². The van der Waals surface area contributed by atoms with Gasteiger partial charge in [-0.05, 0) is 23.3 Å². The average molecular weight is 454 g/mol. The number of carbonyl (C=O) groups excluding carboxylic acids is 2. The lowest BCUT2D eigenvalue weighted by Gasteiger charge is -2.37. The minimum atomic E-state index is -1.09. The zero-order chi connectivity index (χ0) is 23.7. The van der Waals surface area contributed by atoms with Gasteiger partial charge in [0.2, 0.25) is 0 Å². The van der Waals surface area contributed by atoms with Crippen LogP contribution in [-0.2, 0) is 0 Å². The van der Waals surface area contributed by atoms with Gasteiger partial charge in [-0.3, -0.25) is 19.8 Å². The molecule has 7 nitrogen and oxygen atoms in total. The van der Waals surface area contributed by atoms with E-state index < -0.39 is 36.1 Å². The molecule has 1 aliphatic heterocycles. The number of ether oxygens (including phenoxy) is 1. The smallest absolute Gasteiger partial charge is 0.408 e. The van der Waals surface area contributed by atoms with E-state index in [1.54, 1.807) is 18.2 Å². The van der Waals surface area contributed by atoms with E-state index in [2.05, 4.69) is 5.32 Å². The molecule has 5 rings (SSSR count). The quantitative estimate of drug-likeness (QED) is 0.425. The SMILES string of the molecule is O=C1NC(=O)c2c(O[C@@H]3CC=C[C@@H]3N(C(=O)O)C(c3ccccc3)c3ccccc3)cccc21. The van der Waals surface area contributed by atoms with E-state index in [1.807, 2.05) is 72.8 Å². The number of benzene rings is 3. The third-order valence-corrected chi connectivity index (χ3v) is 6.14. The summed E-state index contributed by atoms with van der Waals surface area (Å²) in [6.07, 6.45) is 2.51. The number of imide groups is 1. The third kappa shape index (κ3) is 3.81. The van der Waals surface area contributed by atoms with Gasteiger partial charge in [0.05, 0.1) is 23.2 Å². The maximum absolute atomic E-state index is 12.7. The fourth-order valence-corrected chi connectivity index (χ4v) is 4.65. The van der Waals surface area contributed by atoms with E-state index in [1.165, 1.54) is 4.90 Å². The lowest BCUT2D eigenvalue weighted by Crippen LogP contribution is -2.48. The van der Waals surface area contributed by atoms with Gasteiger partial charge >= 0.3 is 6.09 Å². The molecule has 1 heterocycles. The van der Waals surface area contributed by atoms with E-state index in [4.69, 9.17) is 4.74 Å². The Bertz CT molecular complexity index is 1230. The molecular formula is C27H22N2O5. The summed E-state index contributed by atoms with van der Waals surface area (Å²) in [5, 5.41) is 12.7. The molecule has 0 saturated heterocycles. The second-order valence-electron chi connectivity index (χ2n) is 8.19. The number of carboxylic acid groups (broad SMARTS) is 1. The summed E-state index contributed by atoms with van der Waals surface area (Å²) in [4.78, 5) is 38.5. The van der Waals surface area contributed by atoms with Crippen LogP contribution in [0.3, 0.4) is 0 Å². The van der Waals surface area contributed by atoms with Gasteiger partial charge in [0.15, 0.2) is 0 Å². The predicted molar refractivity (Wildman–Crippen MR) is 125 cm³/mol. The zero-order valence-electron chi connectivity index (χ0n) is 18.1. The van der Waals surface area contributed by atoms with Crippen molar-refractivity contribution in [3.63, 3.8) is 0 Å². The molecule has 1 aliphatic carbocycles. The van der Waals surface area contributed by atoms with Crippen LogP contribution in [0.5, 0.6) is 5.75 Å². The highest BCUT2D eigenvalue weighted by atomic mass is 16.5. The molecule has 2 atom stereocenters. The molecule has 0 aromatic heterocycles. The molecule has 2 N–H and O–H groups in total. The molecule has 2 aliphatic rings. The van der Waals surface area contributed by atoms with Gasteiger partial charge in [-0.1, -0.05) is 78.9 Å². The van der Waals surface area contributed by atoms with Crippen molar-refractivity contribution in [2.45, 2.75) is 24.6 Å². The van der Waals surface area contributed by atoms with Crippen LogP contribution in [0.4, 0.5) is 4.79 Å². The number of hydrogen-bond acceptors (Lipinski definition) is 4. The standard InChI is InChI=1S/C27H22N2O5/c30-25-19-13-7-16-22(23(19)26(31)28-25)34-21-15-8-14-20(21)29(27(32)33)24(17-9-3-1-4-10-17)18-11-5-2-6-12-18/h1-14,16,20-21,24H,15H2,(H,32,33)(H,28,30,31)/t20-,21+/m0/s1. The van der Waals surface area contributed by atoms with Crippen LogP contribution in [0.2, 0.25) is 0 Å². The van der Waals surface area contributed by atoms with Crippen molar-refractivity contribution in [1.29, 1.82) is 0 Å². The molecule has 0 saturated carbocycles. The minimum Gasteiger partial charge on any atom is -0.487 e. The Hall–Kier alpha value is -4.39. The first-order valence-electron chi connectivity index (χ1n) is 11.0. The maximum Gasteiger partial charge on any atom is 0.408 e. The summed E-state index contributed by atoms with van der Waals surface area (Å²) < 4.78 is 6.22. The Morgan fingerprint density at radius 1 is 0.912 bits per heavy atom. The Morgan fingerprint density at radius 3 is 2.18 bits per heavy atom. The molecule has 0 unspecified atom stereocenters. The van der Waals surface area contributed by atoms with Crippen LogP contribution < -0.4 is 10.1 Å². The molecule has 3 aromatic rings. The number of hydrogen-bond donors (Lipinski definition) is 2. The van der Waals surface area contributed by atoms with E-state index >= 15 is 0 Å². The number of amides is 3. The summed E-state index contributed by atoms with van der Waals surface area (Å²) in [7, 11) is 0. The van der Waals surface area contributed by atoms with Crippen LogP contribution in [-0.4, -0.2) is 40.1 Å². The summed E-state index contributed by atoms with van der Waals surface area (Å²) in [5.74, 6) is -0.715. The first-order chi connectivity index (χ1) is 16.5. The van der Waals surface area contributed by atoms with Gasteiger partial charge in [0.25, 0.3) is 11.8 Å². The van der Waals surface area contributed by atoms with E-state index in [0.717, 1.165) is 11.1 Å². The van der Waals surface area contributed by atoms with E-state index in [0.29, 0.717) is 6.42 Å². The first kappa shape index (κ1) is 21.5. The monoisotopic (exact) mass is 454 g/mol. The fourth-order valence-electron chi connectivity index (χ4n) is 4.65. The van der Waals surface area contributed by atoms with Gasteiger partial charge in [0, 0.05) is 6.42 Å². The first-order valence-corrected chi connectivity index (χ1v) is 11.0. The van der Waals surface area contributed by atoms with Crippen molar-refractivity contribution >= 4 is 17.9 Å². The number of nitrogens with one attached hydrogen (secondary N) is 1. The normalized spacial score (nSPS) is 18.6.